The number of nitrogens with zero attached hydrogens (tertiary/aromatic N) is 2. The molecule has 2 unspecified atom stereocenters. The fraction of sp³-hybridized carbons (Fsp3) is 0.600. The highest BCUT2D eigenvalue weighted by molar-refractivity contribution is 9.11. The van der Waals surface area contributed by atoms with E-state index in [2.05, 4.69) is 34.8 Å². The van der Waals surface area contributed by atoms with Gasteiger partial charge in [0.1, 0.15) is 3.79 Å². The Morgan fingerprint density at radius 1 is 1.67 bits per heavy atom. The lowest BCUT2D eigenvalue weighted by atomic mass is 10.1. The molecule has 82 valence electrons. The van der Waals surface area contributed by atoms with Crippen LogP contribution in [0.2, 0.25) is 0 Å². The molecule has 0 aliphatic carbocycles. The van der Waals surface area contributed by atoms with Crippen molar-refractivity contribution < 1.29 is 4.79 Å². The standard InChI is InChI=1S/C10H13BrN2OS/c1-6-3-7(2)13(4-6)10(14)8-9(11)15-5-12-8/h5-7H,3-4H2,1-2H3. The van der Waals surface area contributed by atoms with Crippen molar-refractivity contribution in [1.29, 1.82) is 0 Å². The quantitative estimate of drug-likeness (QED) is 0.796. The summed E-state index contributed by atoms with van der Waals surface area (Å²) in [6.07, 6.45) is 1.09. The van der Waals surface area contributed by atoms with Crippen molar-refractivity contribution in [2.75, 3.05) is 6.54 Å². The van der Waals surface area contributed by atoms with Crippen LogP contribution in [0.15, 0.2) is 9.30 Å². The normalized spacial score (nSPS) is 25.9. The van der Waals surface area contributed by atoms with Crippen LogP contribution in [0, 0.1) is 5.92 Å². The second kappa shape index (κ2) is 4.22. The van der Waals surface area contributed by atoms with Gasteiger partial charge in [-0.3, -0.25) is 4.79 Å². The number of rotatable bonds is 1. The van der Waals surface area contributed by atoms with Crippen LogP contribution in [0.3, 0.4) is 0 Å². The molecule has 0 N–H and O–H groups in total. The van der Waals surface area contributed by atoms with Gasteiger partial charge in [0, 0.05) is 12.6 Å². The van der Waals surface area contributed by atoms with Crippen LogP contribution in [0.1, 0.15) is 30.8 Å². The fourth-order valence-electron chi connectivity index (χ4n) is 2.09. The predicted octanol–water partition coefficient (Wildman–Crippen LogP) is 2.78. The lowest BCUT2D eigenvalue weighted by Gasteiger charge is -2.20. The largest absolute Gasteiger partial charge is 0.334 e. The van der Waals surface area contributed by atoms with E-state index >= 15 is 0 Å². The molecule has 1 fully saturated rings. The first-order chi connectivity index (χ1) is 7.09. The van der Waals surface area contributed by atoms with Crippen molar-refractivity contribution in [2.45, 2.75) is 26.3 Å². The Kier molecular flexibility index (Phi) is 3.11. The molecule has 1 saturated heterocycles. The SMILES string of the molecule is CC1CC(C)N(C(=O)c2ncsc2Br)C1. The molecule has 1 aliphatic rings. The highest BCUT2D eigenvalue weighted by Crippen LogP contribution is 2.27. The van der Waals surface area contributed by atoms with Crippen LogP contribution < -0.4 is 0 Å². The lowest BCUT2D eigenvalue weighted by molar-refractivity contribution is 0.0738. The molecule has 1 aromatic rings. The van der Waals surface area contributed by atoms with Crippen LogP contribution >= 0.6 is 27.3 Å². The number of amides is 1. The Bertz CT molecular complexity index is 379. The van der Waals surface area contributed by atoms with Crippen LogP contribution in [0.25, 0.3) is 0 Å². The van der Waals surface area contributed by atoms with Gasteiger partial charge in [-0.2, -0.15) is 0 Å². The van der Waals surface area contributed by atoms with Crippen LogP contribution in [-0.2, 0) is 0 Å². The zero-order chi connectivity index (χ0) is 11.0. The third kappa shape index (κ3) is 2.08. The number of hydrogen-bond donors (Lipinski definition) is 0. The summed E-state index contributed by atoms with van der Waals surface area (Å²) in [4.78, 5) is 18.1. The molecule has 15 heavy (non-hydrogen) atoms. The van der Waals surface area contributed by atoms with Gasteiger partial charge in [0.15, 0.2) is 5.69 Å². The number of carbonyl (C=O) groups is 1. The third-order valence-electron chi connectivity index (χ3n) is 2.77. The Labute approximate surface area is 102 Å². The number of carbonyl (C=O) groups excluding carboxylic acids is 1. The van der Waals surface area contributed by atoms with Crippen LogP contribution in [-0.4, -0.2) is 28.4 Å². The minimum Gasteiger partial charge on any atom is -0.334 e. The van der Waals surface area contributed by atoms with E-state index in [4.69, 9.17) is 0 Å². The first-order valence-electron chi connectivity index (χ1n) is 4.99. The zero-order valence-electron chi connectivity index (χ0n) is 8.74. The Morgan fingerprint density at radius 2 is 2.40 bits per heavy atom. The number of likely N-dealkylation sites (tertiary alicyclic amines) is 1. The molecule has 2 atom stereocenters. The molecule has 0 radical (unpaired) electrons. The molecule has 2 heterocycles. The van der Waals surface area contributed by atoms with Crippen LogP contribution in [0.4, 0.5) is 0 Å². The zero-order valence-corrected chi connectivity index (χ0v) is 11.1. The molecule has 3 nitrogen and oxygen atoms in total. The van der Waals surface area contributed by atoms with Gasteiger partial charge < -0.3 is 4.90 Å². The summed E-state index contributed by atoms with van der Waals surface area (Å²) < 4.78 is 0.833. The minimum atomic E-state index is 0.0555. The Morgan fingerprint density at radius 3 is 2.87 bits per heavy atom. The Hall–Kier alpha value is -0.420. The van der Waals surface area contributed by atoms with Gasteiger partial charge in [-0.1, -0.05) is 6.92 Å². The summed E-state index contributed by atoms with van der Waals surface area (Å²) in [6, 6.07) is 0.334. The second-order valence-electron chi connectivity index (χ2n) is 4.12. The van der Waals surface area contributed by atoms with E-state index in [0.29, 0.717) is 17.7 Å². The van der Waals surface area contributed by atoms with E-state index in [0.717, 1.165) is 16.8 Å². The van der Waals surface area contributed by atoms with E-state index < -0.39 is 0 Å². The number of aromatic nitrogens is 1. The summed E-state index contributed by atoms with van der Waals surface area (Å²) >= 11 is 4.81. The molecule has 0 saturated carbocycles. The first-order valence-corrected chi connectivity index (χ1v) is 6.66. The lowest BCUT2D eigenvalue weighted by Crippen LogP contribution is -2.34. The monoisotopic (exact) mass is 288 g/mol. The molecular formula is C10H13BrN2OS. The van der Waals surface area contributed by atoms with Gasteiger partial charge in [0.05, 0.1) is 5.51 Å². The molecule has 5 heteroatoms. The molecular weight excluding hydrogens is 276 g/mol. The van der Waals surface area contributed by atoms with Crippen molar-refractivity contribution in [3.8, 4) is 0 Å². The highest BCUT2D eigenvalue weighted by atomic mass is 79.9. The molecule has 1 aromatic heterocycles. The number of hydrogen-bond acceptors (Lipinski definition) is 3. The van der Waals surface area contributed by atoms with Crippen molar-refractivity contribution in [3.05, 3.63) is 15.0 Å². The van der Waals surface area contributed by atoms with Gasteiger partial charge in [-0.15, -0.1) is 11.3 Å². The van der Waals surface area contributed by atoms with Gasteiger partial charge in [-0.25, -0.2) is 4.98 Å². The van der Waals surface area contributed by atoms with E-state index in [9.17, 15) is 4.79 Å². The highest BCUT2D eigenvalue weighted by Gasteiger charge is 2.32. The molecule has 0 spiro atoms. The van der Waals surface area contributed by atoms with E-state index in [1.807, 2.05) is 4.90 Å². The maximum Gasteiger partial charge on any atom is 0.274 e. The Balaban J connectivity index is 2.19. The predicted molar refractivity (Wildman–Crippen MR) is 64.1 cm³/mol. The molecule has 1 amide bonds. The number of thiazole rings is 1. The summed E-state index contributed by atoms with van der Waals surface area (Å²) in [5.41, 5.74) is 2.25. The minimum absolute atomic E-state index is 0.0555. The maximum absolute atomic E-state index is 12.1. The van der Waals surface area contributed by atoms with Gasteiger partial charge in [0.2, 0.25) is 0 Å². The molecule has 0 aromatic carbocycles. The summed E-state index contributed by atoms with van der Waals surface area (Å²) in [6.45, 7) is 5.13. The van der Waals surface area contributed by atoms with Gasteiger partial charge >= 0.3 is 0 Å². The van der Waals surface area contributed by atoms with Crippen molar-refractivity contribution in [2.24, 2.45) is 5.92 Å². The summed E-state index contributed by atoms with van der Waals surface area (Å²) in [7, 11) is 0. The second-order valence-corrected chi connectivity index (χ2v) is 6.29. The smallest absolute Gasteiger partial charge is 0.274 e. The van der Waals surface area contributed by atoms with Crippen molar-refractivity contribution >= 4 is 33.2 Å². The maximum atomic E-state index is 12.1. The van der Waals surface area contributed by atoms with Crippen molar-refractivity contribution in [3.63, 3.8) is 0 Å². The van der Waals surface area contributed by atoms with Gasteiger partial charge in [-0.05, 0) is 35.2 Å². The topological polar surface area (TPSA) is 33.2 Å². The number of halogens is 1. The average Bonchev–Trinajstić information content (AvgIpc) is 2.71. The van der Waals surface area contributed by atoms with Crippen LogP contribution in [0.5, 0.6) is 0 Å². The molecule has 0 bridgehead atoms. The van der Waals surface area contributed by atoms with E-state index in [-0.39, 0.29) is 5.91 Å². The fourth-order valence-corrected chi connectivity index (χ4v) is 3.12. The molecule has 1 aliphatic heterocycles. The van der Waals surface area contributed by atoms with Gasteiger partial charge in [0.25, 0.3) is 5.91 Å². The summed E-state index contributed by atoms with van der Waals surface area (Å²) in [5, 5.41) is 0. The third-order valence-corrected chi connectivity index (χ3v) is 4.32. The average molecular weight is 289 g/mol. The summed E-state index contributed by atoms with van der Waals surface area (Å²) in [5.74, 6) is 0.654. The van der Waals surface area contributed by atoms with E-state index in [1.54, 1.807) is 5.51 Å². The molecule has 2 rings (SSSR count). The van der Waals surface area contributed by atoms with Crippen molar-refractivity contribution in [1.82, 2.24) is 9.88 Å². The first kappa shape index (κ1) is 11.1. The van der Waals surface area contributed by atoms with E-state index in [1.165, 1.54) is 11.3 Å².